The summed E-state index contributed by atoms with van der Waals surface area (Å²) in [6.45, 7) is 9.21. The van der Waals surface area contributed by atoms with Crippen LogP contribution in [-0.2, 0) is 5.41 Å². The zero-order valence-corrected chi connectivity index (χ0v) is 10.7. The molecule has 1 aromatic carbocycles. The summed E-state index contributed by atoms with van der Waals surface area (Å²) in [7, 11) is 0. The molecule has 0 atom stereocenters. The first-order valence-electron chi connectivity index (χ1n) is 5.91. The number of unbranched alkanes of at least 4 members (excludes halogenated alkanes) is 1. The van der Waals surface area contributed by atoms with Crippen LogP contribution in [0.4, 0.5) is 0 Å². The summed E-state index contributed by atoms with van der Waals surface area (Å²) in [6.07, 6.45) is 2.16. The molecule has 0 aliphatic rings. The zero-order valence-electron chi connectivity index (χ0n) is 10.7. The maximum Gasteiger partial charge on any atom is 0.123 e. The minimum Gasteiger partial charge on any atom is -0.508 e. The summed E-state index contributed by atoms with van der Waals surface area (Å²) < 4.78 is 5.60. The second-order valence-corrected chi connectivity index (χ2v) is 5.17. The van der Waals surface area contributed by atoms with Crippen molar-refractivity contribution in [3.8, 4) is 11.5 Å². The van der Waals surface area contributed by atoms with Crippen LogP contribution in [0.2, 0.25) is 0 Å². The number of ether oxygens (including phenoxy) is 1. The fourth-order valence-electron chi connectivity index (χ4n) is 1.43. The molecule has 0 spiro atoms. The second-order valence-electron chi connectivity index (χ2n) is 5.17. The molecule has 0 radical (unpaired) electrons. The Kier molecular flexibility index (Phi) is 4.22. The van der Waals surface area contributed by atoms with Crippen molar-refractivity contribution in [1.29, 1.82) is 0 Å². The quantitative estimate of drug-likeness (QED) is 0.784. The highest BCUT2D eigenvalue weighted by molar-refractivity contribution is 5.40. The van der Waals surface area contributed by atoms with Gasteiger partial charge in [0, 0.05) is 6.07 Å². The van der Waals surface area contributed by atoms with E-state index in [0.717, 1.165) is 24.2 Å². The molecule has 0 amide bonds. The molecule has 0 saturated heterocycles. The maximum absolute atomic E-state index is 9.63. The molecule has 2 nitrogen and oxygen atoms in total. The van der Waals surface area contributed by atoms with Gasteiger partial charge < -0.3 is 9.84 Å². The van der Waals surface area contributed by atoms with Gasteiger partial charge in [-0.2, -0.15) is 0 Å². The number of rotatable bonds is 4. The molecule has 1 N–H and O–H groups in total. The Labute approximate surface area is 98.3 Å². The highest BCUT2D eigenvalue weighted by atomic mass is 16.5. The van der Waals surface area contributed by atoms with Crippen LogP contribution < -0.4 is 4.74 Å². The van der Waals surface area contributed by atoms with Crippen molar-refractivity contribution in [3.63, 3.8) is 0 Å². The first-order chi connectivity index (χ1) is 7.43. The van der Waals surface area contributed by atoms with Crippen LogP contribution >= 0.6 is 0 Å². The van der Waals surface area contributed by atoms with Gasteiger partial charge in [0.25, 0.3) is 0 Å². The smallest absolute Gasteiger partial charge is 0.123 e. The SMILES string of the molecule is CCCCOc1cc(O)cc(C(C)(C)C)c1. The Balaban J connectivity index is 2.82. The second kappa shape index (κ2) is 5.24. The Hall–Kier alpha value is -1.18. The highest BCUT2D eigenvalue weighted by Crippen LogP contribution is 2.30. The summed E-state index contributed by atoms with van der Waals surface area (Å²) >= 11 is 0. The molecule has 0 unspecified atom stereocenters. The summed E-state index contributed by atoms with van der Waals surface area (Å²) in [6, 6.07) is 5.48. The summed E-state index contributed by atoms with van der Waals surface area (Å²) in [4.78, 5) is 0. The molecule has 1 rings (SSSR count). The number of aromatic hydroxyl groups is 1. The molecule has 0 heterocycles. The van der Waals surface area contributed by atoms with E-state index in [-0.39, 0.29) is 11.2 Å². The Morgan fingerprint density at radius 2 is 1.88 bits per heavy atom. The molecule has 16 heavy (non-hydrogen) atoms. The summed E-state index contributed by atoms with van der Waals surface area (Å²) in [5.41, 5.74) is 1.13. The third kappa shape index (κ3) is 3.76. The average Bonchev–Trinajstić information content (AvgIpc) is 2.16. The van der Waals surface area contributed by atoms with E-state index in [1.54, 1.807) is 12.1 Å². The van der Waals surface area contributed by atoms with Gasteiger partial charge in [-0.15, -0.1) is 0 Å². The van der Waals surface area contributed by atoms with E-state index < -0.39 is 0 Å². The van der Waals surface area contributed by atoms with Crippen LogP contribution in [-0.4, -0.2) is 11.7 Å². The van der Waals surface area contributed by atoms with Crippen LogP contribution in [0.5, 0.6) is 11.5 Å². The van der Waals surface area contributed by atoms with Gasteiger partial charge >= 0.3 is 0 Å². The minimum absolute atomic E-state index is 0.0294. The molecule has 90 valence electrons. The Morgan fingerprint density at radius 1 is 1.19 bits per heavy atom. The number of benzene rings is 1. The van der Waals surface area contributed by atoms with E-state index in [2.05, 4.69) is 27.7 Å². The third-order valence-corrected chi connectivity index (χ3v) is 2.52. The molecule has 0 aliphatic carbocycles. The van der Waals surface area contributed by atoms with Crippen LogP contribution in [0.15, 0.2) is 18.2 Å². The number of hydrogen-bond acceptors (Lipinski definition) is 2. The normalized spacial score (nSPS) is 11.5. The average molecular weight is 222 g/mol. The lowest BCUT2D eigenvalue weighted by atomic mass is 9.87. The van der Waals surface area contributed by atoms with E-state index in [1.807, 2.05) is 6.07 Å². The third-order valence-electron chi connectivity index (χ3n) is 2.52. The van der Waals surface area contributed by atoms with Crippen LogP contribution in [0.1, 0.15) is 46.1 Å². The van der Waals surface area contributed by atoms with E-state index in [1.165, 1.54) is 0 Å². The van der Waals surface area contributed by atoms with Crippen molar-refractivity contribution < 1.29 is 9.84 Å². The van der Waals surface area contributed by atoms with Crippen molar-refractivity contribution in [2.45, 2.75) is 46.0 Å². The molecule has 1 aromatic rings. The molecular weight excluding hydrogens is 200 g/mol. The van der Waals surface area contributed by atoms with Gasteiger partial charge in [0.05, 0.1) is 6.61 Å². The zero-order chi connectivity index (χ0) is 12.2. The molecule has 0 aliphatic heterocycles. The lowest BCUT2D eigenvalue weighted by Gasteiger charge is -2.20. The van der Waals surface area contributed by atoms with E-state index in [9.17, 15) is 5.11 Å². The largest absolute Gasteiger partial charge is 0.508 e. The maximum atomic E-state index is 9.63. The topological polar surface area (TPSA) is 29.5 Å². The molecule has 0 fully saturated rings. The minimum atomic E-state index is 0.0294. The molecule has 0 aromatic heterocycles. The van der Waals surface area contributed by atoms with E-state index >= 15 is 0 Å². The molecular formula is C14H22O2. The van der Waals surface area contributed by atoms with Gasteiger partial charge in [-0.25, -0.2) is 0 Å². The highest BCUT2D eigenvalue weighted by Gasteiger charge is 2.15. The predicted octanol–water partition coefficient (Wildman–Crippen LogP) is 3.87. The van der Waals surface area contributed by atoms with E-state index in [0.29, 0.717) is 6.61 Å². The number of hydrogen-bond donors (Lipinski definition) is 1. The number of phenols is 1. The molecule has 2 heteroatoms. The lowest BCUT2D eigenvalue weighted by molar-refractivity contribution is 0.306. The fraction of sp³-hybridized carbons (Fsp3) is 0.571. The van der Waals surface area contributed by atoms with Gasteiger partial charge in [0.2, 0.25) is 0 Å². The lowest BCUT2D eigenvalue weighted by Crippen LogP contribution is -2.11. The monoisotopic (exact) mass is 222 g/mol. The van der Waals surface area contributed by atoms with Crippen molar-refractivity contribution in [2.75, 3.05) is 6.61 Å². The first kappa shape index (κ1) is 12.9. The Morgan fingerprint density at radius 3 is 2.44 bits per heavy atom. The fourth-order valence-corrected chi connectivity index (χ4v) is 1.43. The molecule has 0 bridgehead atoms. The number of phenolic OH excluding ortho intramolecular Hbond substituents is 1. The predicted molar refractivity (Wildman–Crippen MR) is 67.2 cm³/mol. The van der Waals surface area contributed by atoms with E-state index in [4.69, 9.17) is 4.74 Å². The summed E-state index contributed by atoms with van der Waals surface area (Å²) in [5, 5.41) is 9.63. The van der Waals surface area contributed by atoms with Gasteiger partial charge in [-0.05, 0) is 29.5 Å². The molecule has 0 saturated carbocycles. The summed E-state index contributed by atoms with van der Waals surface area (Å²) in [5.74, 6) is 1.04. The Bertz CT molecular complexity index is 337. The van der Waals surface area contributed by atoms with Crippen molar-refractivity contribution >= 4 is 0 Å². The van der Waals surface area contributed by atoms with Crippen LogP contribution in [0, 0.1) is 0 Å². The van der Waals surface area contributed by atoms with Crippen molar-refractivity contribution in [1.82, 2.24) is 0 Å². The van der Waals surface area contributed by atoms with Crippen LogP contribution in [0.25, 0.3) is 0 Å². The van der Waals surface area contributed by atoms with Gasteiger partial charge in [0.1, 0.15) is 11.5 Å². The first-order valence-corrected chi connectivity index (χ1v) is 5.91. The van der Waals surface area contributed by atoms with Crippen molar-refractivity contribution in [2.24, 2.45) is 0 Å². The van der Waals surface area contributed by atoms with Gasteiger partial charge in [-0.3, -0.25) is 0 Å². The van der Waals surface area contributed by atoms with Crippen molar-refractivity contribution in [3.05, 3.63) is 23.8 Å². The van der Waals surface area contributed by atoms with Crippen LogP contribution in [0.3, 0.4) is 0 Å². The standard InChI is InChI=1S/C14H22O2/c1-5-6-7-16-13-9-11(14(2,3)4)8-12(15)10-13/h8-10,15H,5-7H2,1-4H3. The van der Waals surface area contributed by atoms with Gasteiger partial charge in [-0.1, -0.05) is 34.1 Å². The van der Waals surface area contributed by atoms with Gasteiger partial charge in [0.15, 0.2) is 0 Å².